The lowest BCUT2D eigenvalue weighted by Crippen LogP contribution is -2.32. The quantitative estimate of drug-likeness (QED) is 0.367. The molecule has 2 aromatic heterocycles. The summed E-state index contributed by atoms with van der Waals surface area (Å²) in [5.74, 6) is -11.2. The van der Waals surface area contributed by atoms with Gasteiger partial charge in [-0.3, -0.25) is 9.36 Å². The molecule has 2 aromatic rings. The highest BCUT2D eigenvalue weighted by atomic mass is 19.4. The number of halogens is 9. The van der Waals surface area contributed by atoms with Crippen molar-refractivity contribution in [1.82, 2.24) is 19.6 Å². The van der Waals surface area contributed by atoms with E-state index in [2.05, 4.69) is 10.2 Å². The van der Waals surface area contributed by atoms with Crippen LogP contribution < -0.4 is 0 Å². The van der Waals surface area contributed by atoms with E-state index in [0.717, 1.165) is 9.36 Å². The monoisotopic (exact) mass is 532 g/mol. The zero-order valence-electron chi connectivity index (χ0n) is 19.6. The Hall–Kier alpha value is -2.21. The molecule has 1 fully saturated rings. The van der Waals surface area contributed by atoms with Gasteiger partial charge in [-0.15, -0.1) is 0 Å². The van der Waals surface area contributed by atoms with Crippen LogP contribution >= 0.6 is 0 Å². The third-order valence-corrected chi connectivity index (χ3v) is 6.69. The summed E-state index contributed by atoms with van der Waals surface area (Å²) >= 11 is 0. The smallest absolute Gasteiger partial charge is 0.260 e. The maximum Gasteiger partial charge on any atom is 0.435 e. The summed E-state index contributed by atoms with van der Waals surface area (Å²) in [6.07, 6.45) is -6.19. The fourth-order valence-electron chi connectivity index (χ4n) is 5.07. The van der Waals surface area contributed by atoms with Gasteiger partial charge in [0.05, 0.1) is 11.3 Å². The minimum absolute atomic E-state index is 0. The van der Waals surface area contributed by atoms with Crippen molar-refractivity contribution in [3.8, 4) is 0 Å². The van der Waals surface area contributed by atoms with Gasteiger partial charge in [-0.05, 0) is 47.0 Å². The predicted molar refractivity (Wildman–Crippen MR) is 113 cm³/mol. The maximum atomic E-state index is 14.0. The van der Waals surface area contributed by atoms with E-state index in [4.69, 9.17) is 0 Å². The van der Waals surface area contributed by atoms with Crippen LogP contribution in [-0.4, -0.2) is 19.6 Å². The van der Waals surface area contributed by atoms with Gasteiger partial charge >= 0.3 is 6.18 Å². The molecule has 0 bridgehead atoms. The molecule has 36 heavy (non-hydrogen) atoms. The molecule has 5 rings (SSSR count). The van der Waals surface area contributed by atoms with E-state index >= 15 is 0 Å². The Morgan fingerprint density at radius 2 is 1.33 bits per heavy atom. The molecular weight excluding hydrogens is 503 g/mol. The fraction of sp³-hybridized carbons (Fsp3) is 0.739. The summed E-state index contributed by atoms with van der Waals surface area (Å²) in [5, 5.41) is 7.23. The standard InChI is InChI=1S/C11H11F5N2.C11H14F4N2.CH4/c1-4(2)18-9-7(8(17-18)11(14,15)16)5-3-6(5)10(9,12)13;1-6(2)17-9-8(7(3)16-17)10(12,13)4-5-11(9,14)15;/h4-6H,3H2,1-2H3;6H,4-5H2,1-3H3;1H4. The van der Waals surface area contributed by atoms with Crippen molar-refractivity contribution < 1.29 is 39.5 Å². The molecular formula is C23H29F9N4. The third-order valence-electron chi connectivity index (χ3n) is 6.69. The lowest BCUT2D eigenvalue weighted by molar-refractivity contribution is -0.142. The van der Waals surface area contributed by atoms with Crippen LogP contribution in [0.1, 0.15) is 106 Å². The molecule has 13 heteroatoms. The third kappa shape index (κ3) is 4.19. The van der Waals surface area contributed by atoms with E-state index in [1.807, 2.05) is 0 Å². The van der Waals surface area contributed by atoms with Crippen molar-refractivity contribution in [3.63, 3.8) is 0 Å². The van der Waals surface area contributed by atoms with Crippen LogP contribution in [0.3, 0.4) is 0 Å². The van der Waals surface area contributed by atoms with Crippen LogP contribution in [0, 0.1) is 12.8 Å². The lowest BCUT2D eigenvalue weighted by Gasteiger charge is -2.30. The number of hydrogen-bond acceptors (Lipinski definition) is 2. The number of rotatable bonds is 2. The van der Waals surface area contributed by atoms with Gasteiger partial charge in [0, 0.05) is 36.4 Å². The van der Waals surface area contributed by atoms with Crippen LogP contribution in [0.5, 0.6) is 0 Å². The summed E-state index contributed by atoms with van der Waals surface area (Å²) in [4.78, 5) is 0. The van der Waals surface area contributed by atoms with Gasteiger partial charge in [-0.1, -0.05) is 7.43 Å². The van der Waals surface area contributed by atoms with Crippen molar-refractivity contribution in [2.45, 2.75) is 103 Å². The van der Waals surface area contributed by atoms with Crippen LogP contribution in [-0.2, 0) is 23.9 Å². The molecule has 3 aliphatic rings. The predicted octanol–water partition coefficient (Wildman–Crippen LogP) is 8.08. The molecule has 0 saturated heterocycles. The molecule has 0 amide bonds. The van der Waals surface area contributed by atoms with Crippen molar-refractivity contribution in [1.29, 1.82) is 0 Å². The number of fused-ring (bicyclic) bond motifs is 4. The van der Waals surface area contributed by atoms with E-state index in [9.17, 15) is 39.5 Å². The number of alkyl halides is 9. The maximum absolute atomic E-state index is 14.0. The first kappa shape index (κ1) is 28.4. The van der Waals surface area contributed by atoms with Crippen molar-refractivity contribution in [2.75, 3.05) is 0 Å². The summed E-state index contributed by atoms with van der Waals surface area (Å²) in [5.41, 5.74) is -3.12. The largest absolute Gasteiger partial charge is 0.435 e. The van der Waals surface area contributed by atoms with E-state index in [1.165, 1.54) is 6.92 Å². The topological polar surface area (TPSA) is 35.6 Å². The van der Waals surface area contributed by atoms with E-state index < -0.39 is 77.3 Å². The number of aromatic nitrogens is 4. The molecule has 4 nitrogen and oxygen atoms in total. The minimum atomic E-state index is -4.67. The van der Waals surface area contributed by atoms with Crippen LogP contribution in [0.15, 0.2) is 0 Å². The molecule has 0 aromatic carbocycles. The second-order valence-electron chi connectivity index (χ2n) is 9.97. The van der Waals surface area contributed by atoms with Crippen LogP contribution in [0.2, 0.25) is 0 Å². The average Bonchev–Trinajstić information content (AvgIpc) is 3.14. The molecule has 3 aliphatic carbocycles. The van der Waals surface area contributed by atoms with Crippen molar-refractivity contribution in [2.24, 2.45) is 5.92 Å². The molecule has 2 unspecified atom stereocenters. The summed E-state index contributed by atoms with van der Waals surface area (Å²) in [7, 11) is 0. The molecule has 204 valence electrons. The second kappa shape index (κ2) is 8.41. The van der Waals surface area contributed by atoms with Gasteiger partial charge in [0.25, 0.3) is 17.8 Å². The Labute approximate surface area is 202 Å². The zero-order chi connectivity index (χ0) is 26.5. The molecule has 2 heterocycles. The van der Waals surface area contributed by atoms with Gasteiger partial charge < -0.3 is 0 Å². The number of hydrogen-bond donors (Lipinski definition) is 0. The first-order valence-corrected chi connectivity index (χ1v) is 11.3. The Morgan fingerprint density at radius 3 is 1.83 bits per heavy atom. The zero-order valence-corrected chi connectivity index (χ0v) is 19.6. The number of aryl methyl sites for hydroxylation is 1. The number of nitrogens with zero attached hydrogens (tertiary/aromatic N) is 4. The van der Waals surface area contributed by atoms with Crippen molar-refractivity contribution >= 4 is 0 Å². The first-order valence-electron chi connectivity index (χ1n) is 11.3. The molecule has 0 aliphatic heterocycles. The van der Waals surface area contributed by atoms with Crippen LogP contribution in [0.25, 0.3) is 0 Å². The van der Waals surface area contributed by atoms with Gasteiger partial charge in [0.1, 0.15) is 11.4 Å². The molecule has 1 saturated carbocycles. The molecule has 2 atom stereocenters. The van der Waals surface area contributed by atoms with Crippen molar-refractivity contribution in [3.05, 3.63) is 33.9 Å². The Kier molecular flexibility index (Phi) is 6.62. The van der Waals surface area contributed by atoms with Gasteiger partial charge in [-0.2, -0.15) is 40.9 Å². The highest BCUT2D eigenvalue weighted by Gasteiger charge is 2.68. The van der Waals surface area contributed by atoms with Crippen LogP contribution in [0.4, 0.5) is 39.5 Å². The van der Waals surface area contributed by atoms with E-state index in [0.29, 0.717) is 0 Å². The van der Waals surface area contributed by atoms with E-state index in [1.54, 1.807) is 27.7 Å². The normalized spacial score (nSPS) is 24.4. The van der Waals surface area contributed by atoms with Gasteiger partial charge in [-0.25, -0.2) is 8.78 Å². The Bertz CT molecular complexity index is 1140. The SMILES string of the molecule is C.CC(C)n1nc(C(F)(F)F)c2c1C(F)(F)C1CC21.Cc1nn(C(C)C)c2c1C(F)(F)CCC2(F)F. The summed E-state index contributed by atoms with van der Waals surface area (Å²) < 4.78 is 123. The Morgan fingerprint density at radius 1 is 0.833 bits per heavy atom. The lowest BCUT2D eigenvalue weighted by atomic mass is 9.89. The molecule has 0 spiro atoms. The highest BCUT2D eigenvalue weighted by Crippen LogP contribution is 2.68. The summed E-state index contributed by atoms with van der Waals surface area (Å²) in [6, 6.07) is -0.879. The molecule has 0 radical (unpaired) electrons. The molecule has 0 N–H and O–H groups in total. The van der Waals surface area contributed by atoms with E-state index in [-0.39, 0.29) is 31.1 Å². The summed E-state index contributed by atoms with van der Waals surface area (Å²) in [6.45, 7) is 7.75. The minimum Gasteiger partial charge on any atom is -0.260 e. The fourth-order valence-corrected chi connectivity index (χ4v) is 5.07. The van der Waals surface area contributed by atoms with Gasteiger partial charge in [0.2, 0.25) is 0 Å². The van der Waals surface area contributed by atoms with Gasteiger partial charge in [0.15, 0.2) is 5.69 Å². The first-order chi connectivity index (χ1) is 15.8. The average molecular weight is 532 g/mol. The second-order valence-corrected chi connectivity index (χ2v) is 9.97. The Balaban J connectivity index is 0.000000196. The highest BCUT2D eigenvalue weighted by molar-refractivity contribution is 5.47.